The van der Waals surface area contributed by atoms with Crippen molar-refractivity contribution in [2.75, 3.05) is 14.1 Å². The van der Waals surface area contributed by atoms with Gasteiger partial charge in [0.2, 0.25) is 12.3 Å². The molecule has 0 N–H and O–H groups in total. The largest absolute Gasteiger partial charge is 0.345 e. The standard InChI is InChI=1S/C21H34N2O2/c1-20-11-9-16-14(15(20)6-8-17(20)22(3)13-24)5-7-18-21(16,2)12-10-19(25)23(18)4/h13-18H,5-12H2,1-4H3/t14-,15+,16+,17+,18-,20+,21-/m1/s1. The van der Waals surface area contributed by atoms with E-state index in [4.69, 9.17) is 0 Å². The highest BCUT2D eigenvalue weighted by molar-refractivity contribution is 5.77. The van der Waals surface area contributed by atoms with E-state index in [1.165, 1.54) is 32.1 Å². The minimum absolute atomic E-state index is 0.288. The van der Waals surface area contributed by atoms with Gasteiger partial charge in [-0.15, -0.1) is 0 Å². The molecular weight excluding hydrogens is 312 g/mol. The summed E-state index contributed by atoms with van der Waals surface area (Å²) in [6.45, 7) is 4.93. The van der Waals surface area contributed by atoms with Gasteiger partial charge in [-0.1, -0.05) is 13.8 Å². The topological polar surface area (TPSA) is 40.6 Å². The van der Waals surface area contributed by atoms with Crippen molar-refractivity contribution in [2.24, 2.45) is 28.6 Å². The summed E-state index contributed by atoms with van der Waals surface area (Å²) in [6, 6.07) is 0.853. The molecule has 1 saturated heterocycles. The second kappa shape index (κ2) is 5.72. The number of fused-ring (bicyclic) bond motifs is 5. The number of carbonyl (C=O) groups is 2. The highest BCUT2D eigenvalue weighted by Gasteiger charge is 2.61. The van der Waals surface area contributed by atoms with Crippen LogP contribution in [0.1, 0.15) is 65.2 Å². The van der Waals surface area contributed by atoms with Crippen LogP contribution in [0.15, 0.2) is 0 Å². The Morgan fingerprint density at radius 2 is 1.76 bits per heavy atom. The Bertz CT molecular complexity index is 578. The van der Waals surface area contributed by atoms with E-state index in [1.54, 1.807) is 0 Å². The van der Waals surface area contributed by atoms with Gasteiger partial charge < -0.3 is 9.80 Å². The summed E-state index contributed by atoms with van der Waals surface area (Å²) in [5.74, 6) is 2.63. The highest BCUT2D eigenvalue weighted by Crippen LogP contribution is 2.65. The maximum atomic E-state index is 12.2. The van der Waals surface area contributed by atoms with Crippen molar-refractivity contribution in [3.05, 3.63) is 0 Å². The number of nitrogens with zero attached hydrogens (tertiary/aromatic N) is 2. The molecule has 1 aliphatic heterocycles. The number of rotatable bonds is 2. The number of hydrogen-bond acceptors (Lipinski definition) is 2. The van der Waals surface area contributed by atoms with Crippen molar-refractivity contribution in [3.8, 4) is 0 Å². The van der Waals surface area contributed by atoms with Gasteiger partial charge in [0, 0.05) is 32.6 Å². The molecule has 7 atom stereocenters. The molecule has 0 aromatic rings. The Kier molecular flexibility index (Phi) is 3.97. The monoisotopic (exact) mass is 346 g/mol. The molecule has 0 radical (unpaired) electrons. The summed E-state index contributed by atoms with van der Waals surface area (Å²) in [5, 5.41) is 0. The average Bonchev–Trinajstić information content (AvgIpc) is 2.95. The molecule has 0 unspecified atom stereocenters. The summed E-state index contributed by atoms with van der Waals surface area (Å²) in [4.78, 5) is 27.6. The summed E-state index contributed by atoms with van der Waals surface area (Å²) in [6.07, 6.45) is 10.2. The van der Waals surface area contributed by atoms with Crippen LogP contribution in [0.3, 0.4) is 0 Å². The Hall–Kier alpha value is -1.06. The number of hydrogen-bond donors (Lipinski definition) is 0. The molecule has 25 heavy (non-hydrogen) atoms. The van der Waals surface area contributed by atoms with E-state index in [9.17, 15) is 9.59 Å². The molecule has 140 valence electrons. The third kappa shape index (κ3) is 2.24. The van der Waals surface area contributed by atoms with Gasteiger partial charge >= 0.3 is 0 Å². The molecule has 4 fully saturated rings. The lowest BCUT2D eigenvalue weighted by molar-refractivity contribution is -0.158. The normalized spacial score (nSPS) is 49.2. The highest BCUT2D eigenvalue weighted by atomic mass is 16.2. The average molecular weight is 347 g/mol. The first-order valence-electron chi connectivity index (χ1n) is 10.3. The van der Waals surface area contributed by atoms with Gasteiger partial charge in [0.1, 0.15) is 0 Å². The molecule has 0 aromatic heterocycles. The van der Waals surface area contributed by atoms with Gasteiger partial charge in [-0.05, 0) is 73.5 Å². The lowest BCUT2D eigenvalue weighted by Crippen LogP contribution is -2.61. The summed E-state index contributed by atoms with van der Waals surface area (Å²) in [7, 11) is 4.00. The third-order valence-electron chi connectivity index (χ3n) is 9.17. The van der Waals surface area contributed by atoms with Crippen molar-refractivity contribution in [1.29, 1.82) is 0 Å². The smallest absolute Gasteiger partial charge is 0.222 e. The molecule has 4 aliphatic rings. The molecule has 4 rings (SSSR count). The Morgan fingerprint density at radius 1 is 1.04 bits per heavy atom. The molecule has 0 bridgehead atoms. The van der Waals surface area contributed by atoms with E-state index >= 15 is 0 Å². The maximum Gasteiger partial charge on any atom is 0.222 e. The second-order valence-electron chi connectivity index (χ2n) is 9.89. The number of piperidine rings is 1. The summed E-state index contributed by atoms with van der Waals surface area (Å²) < 4.78 is 0. The number of carbonyl (C=O) groups excluding carboxylic acids is 2. The second-order valence-corrected chi connectivity index (χ2v) is 9.89. The molecule has 0 aromatic carbocycles. The first-order valence-corrected chi connectivity index (χ1v) is 10.3. The summed E-state index contributed by atoms with van der Waals surface area (Å²) >= 11 is 0. The van der Waals surface area contributed by atoms with Crippen LogP contribution in [-0.4, -0.2) is 48.3 Å². The maximum absolute atomic E-state index is 12.2. The zero-order valence-corrected chi connectivity index (χ0v) is 16.3. The van der Waals surface area contributed by atoms with Gasteiger partial charge in [0.05, 0.1) is 0 Å². The molecule has 3 saturated carbocycles. The van der Waals surface area contributed by atoms with Crippen LogP contribution in [0.2, 0.25) is 0 Å². The number of likely N-dealkylation sites (tertiary alicyclic amines) is 1. The predicted octanol–water partition coefficient (Wildman–Crippen LogP) is 3.31. The van der Waals surface area contributed by atoms with Crippen molar-refractivity contribution in [2.45, 2.75) is 77.3 Å². The molecule has 2 amide bonds. The van der Waals surface area contributed by atoms with Crippen LogP contribution >= 0.6 is 0 Å². The fraction of sp³-hybridized carbons (Fsp3) is 0.905. The fourth-order valence-corrected chi connectivity index (χ4v) is 7.87. The van der Waals surface area contributed by atoms with E-state index < -0.39 is 0 Å². The lowest BCUT2D eigenvalue weighted by atomic mass is 9.47. The van der Waals surface area contributed by atoms with Gasteiger partial charge in [-0.3, -0.25) is 9.59 Å². The van der Waals surface area contributed by atoms with Crippen LogP contribution in [-0.2, 0) is 9.59 Å². The van der Waals surface area contributed by atoms with E-state index in [0.717, 1.165) is 43.4 Å². The Morgan fingerprint density at radius 3 is 2.48 bits per heavy atom. The Balaban J connectivity index is 1.62. The molecular formula is C21H34N2O2. The van der Waals surface area contributed by atoms with Crippen LogP contribution in [0, 0.1) is 28.6 Å². The zero-order valence-electron chi connectivity index (χ0n) is 16.3. The minimum atomic E-state index is 0.288. The molecule has 3 aliphatic carbocycles. The van der Waals surface area contributed by atoms with Gasteiger partial charge in [-0.2, -0.15) is 0 Å². The first kappa shape index (κ1) is 17.4. The van der Waals surface area contributed by atoms with Crippen molar-refractivity contribution >= 4 is 12.3 Å². The van der Waals surface area contributed by atoms with Crippen molar-refractivity contribution in [3.63, 3.8) is 0 Å². The van der Waals surface area contributed by atoms with Crippen LogP contribution in [0.5, 0.6) is 0 Å². The summed E-state index contributed by atoms with van der Waals surface area (Å²) in [5.41, 5.74) is 0.581. The van der Waals surface area contributed by atoms with Crippen LogP contribution < -0.4 is 0 Å². The molecule has 1 heterocycles. The van der Waals surface area contributed by atoms with Gasteiger partial charge in [0.15, 0.2) is 0 Å². The van der Waals surface area contributed by atoms with Crippen LogP contribution in [0.25, 0.3) is 0 Å². The van der Waals surface area contributed by atoms with E-state index in [2.05, 4.69) is 18.7 Å². The van der Waals surface area contributed by atoms with Crippen molar-refractivity contribution in [1.82, 2.24) is 9.80 Å². The van der Waals surface area contributed by atoms with Gasteiger partial charge in [-0.25, -0.2) is 0 Å². The Labute approximate surface area is 152 Å². The van der Waals surface area contributed by atoms with Crippen molar-refractivity contribution < 1.29 is 9.59 Å². The minimum Gasteiger partial charge on any atom is -0.345 e. The zero-order chi connectivity index (χ0) is 18.0. The fourth-order valence-electron chi connectivity index (χ4n) is 7.87. The van der Waals surface area contributed by atoms with Gasteiger partial charge in [0.25, 0.3) is 0 Å². The van der Waals surface area contributed by atoms with E-state index in [1.807, 2.05) is 19.0 Å². The molecule has 4 heteroatoms. The predicted molar refractivity (Wildman–Crippen MR) is 97.8 cm³/mol. The first-order chi connectivity index (χ1) is 11.8. The van der Waals surface area contributed by atoms with E-state index in [0.29, 0.717) is 23.4 Å². The SMILES string of the molecule is CN(C=O)[C@H]1CC[C@H]2[C@H]3CC[C@H]4N(C)C(=O)CC[C@]4(C)[C@H]3CC[C@]12C. The van der Waals surface area contributed by atoms with E-state index in [-0.39, 0.29) is 5.41 Å². The lowest BCUT2D eigenvalue weighted by Gasteiger charge is -2.62. The molecule has 0 spiro atoms. The molecule has 4 nitrogen and oxygen atoms in total. The quantitative estimate of drug-likeness (QED) is 0.720. The third-order valence-corrected chi connectivity index (χ3v) is 9.17. The van der Waals surface area contributed by atoms with Crippen LogP contribution in [0.4, 0.5) is 0 Å². The number of amides is 2.